The van der Waals surface area contributed by atoms with Crippen molar-refractivity contribution in [3.8, 4) is 0 Å². The zero-order valence-electron chi connectivity index (χ0n) is 5.27. The molecule has 1 heterocycles. The van der Waals surface area contributed by atoms with Crippen molar-refractivity contribution in [1.82, 2.24) is 0 Å². The largest absolute Gasteiger partial charge is 0.619 e. The Bertz CT molecular complexity index is 241. The van der Waals surface area contributed by atoms with E-state index in [1.807, 2.05) is 0 Å². The molecule has 4 heteroatoms. The van der Waals surface area contributed by atoms with Crippen molar-refractivity contribution in [2.24, 2.45) is 0 Å². The molecule has 0 fully saturated rings. The molecule has 2 nitrogen and oxygen atoms in total. The minimum Gasteiger partial charge on any atom is -0.619 e. The van der Waals surface area contributed by atoms with Crippen LogP contribution in [0.25, 0.3) is 0 Å². The molecular weight excluding hydrogens is 217 g/mol. The molecule has 0 radical (unpaired) electrons. The van der Waals surface area contributed by atoms with E-state index in [0.29, 0.717) is 14.2 Å². The average molecular weight is 222 g/mol. The van der Waals surface area contributed by atoms with Crippen LogP contribution >= 0.6 is 27.5 Å². The minimum absolute atomic E-state index is 0.590. The van der Waals surface area contributed by atoms with E-state index in [0.717, 1.165) is 5.56 Å². The summed E-state index contributed by atoms with van der Waals surface area (Å²) in [6, 6.07) is 0. The van der Waals surface area contributed by atoms with Gasteiger partial charge >= 0.3 is 0 Å². The van der Waals surface area contributed by atoms with Crippen LogP contribution in [0, 0.1) is 12.1 Å². The van der Waals surface area contributed by atoms with Crippen LogP contribution in [0.1, 0.15) is 5.56 Å². The minimum atomic E-state index is 0.590. The first-order valence-corrected chi connectivity index (χ1v) is 3.83. The van der Waals surface area contributed by atoms with Gasteiger partial charge in [-0.2, -0.15) is 4.73 Å². The predicted octanol–water partition coefficient (Wildman–Crippen LogP) is 2.04. The van der Waals surface area contributed by atoms with Crippen molar-refractivity contribution in [3.05, 3.63) is 32.7 Å². The zero-order chi connectivity index (χ0) is 7.72. The van der Waals surface area contributed by atoms with Gasteiger partial charge in [-0.05, 0) is 22.9 Å². The Hall–Kier alpha value is -0.280. The first-order chi connectivity index (χ1) is 4.61. The van der Waals surface area contributed by atoms with E-state index in [1.165, 1.54) is 12.4 Å². The highest BCUT2D eigenvalue weighted by molar-refractivity contribution is 9.10. The molecule has 0 saturated carbocycles. The lowest BCUT2D eigenvalue weighted by Crippen LogP contribution is -2.25. The third-order valence-electron chi connectivity index (χ3n) is 1.12. The van der Waals surface area contributed by atoms with Gasteiger partial charge in [0, 0.05) is 5.56 Å². The van der Waals surface area contributed by atoms with E-state index in [9.17, 15) is 5.21 Å². The molecule has 0 aromatic carbocycles. The molecule has 0 spiro atoms. The van der Waals surface area contributed by atoms with Crippen LogP contribution in [0.3, 0.4) is 0 Å². The van der Waals surface area contributed by atoms with E-state index in [1.54, 1.807) is 6.92 Å². The Labute approximate surface area is 72.1 Å². The van der Waals surface area contributed by atoms with Gasteiger partial charge in [0.05, 0.1) is 5.02 Å². The van der Waals surface area contributed by atoms with Gasteiger partial charge in [0.15, 0.2) is 12.4 Å². The first kappa shape index (κ1) is 7.82. The van der Waals surface area contributed by atoms with Gasteiger partial charge < -0.3 is 5.21 Å². The maximum atomic E-state index is 10.7. The standard InChI is InChI=1S/C6H5BrClNO/c1-4-2-9(10)3-5(7)6(4)8/h2-3H,1H3. The van der Waals surface area contributed by atoms with Crippen molar-refractivity contribution < 1.29 is 4.73 Å². The summed E-state index contributed by atoms with van der Waals surface area (Å²) in [5.74, 6) is 0. The maximum absolute atomic E-state index is 10.7. The zero-order valence-corrected chi connectivity index (χ0v) is 7.61. The third kappa shape index (κ3) is 1.41. The number of hydrogen-bond donors (Lipinski definition) is 0. The number of aromatic nitrogens is 1. The molecule has 54 valence electrons. The van der Waals surface area contributed by atoms with E-state index >= 15 is 0 Å². The molecule has 1 aromatic heterocycles. The number of hydrogen-bond acceptors (Lipinski definition) is 1. The maximum Gasteiger partial charge on any atom is 0.196 e. The van der Waals surface area contributed by atoms with E-state index in [4.69, 9.17) is 11.6 Å². The quantitative estimate of drug-likeness (QED) is 0.487. The van der Waals surface area contributed by atoms with Gasteiger partial charge in [-0.3, -0.25) is 0 Å². The fourth-order valence-electron chi connectivity index (χ4n) is 0.642. The van der Waals surface area contributed by atoms with Gasteiger partial charge in [0.2, 0.25) is 0 Å². The normalized spacial score (nSPS) is 9.90. The highest BCUT2D eigenvalue weighted by atomic mass is 79.9. The summed E-state index contributed by atoms with van der Waals surface area (Å²) in [5, 5.41) is 11.3. The Balaban J connectivity index is 3.31. The number of pyridine rings is 1. The second kappa shape index (κ2) is 2.76. The molecule has 0 saturated heterocycles. The Morgan fingerprint density at radius 1 is 1.60 bits per heavy atom. The second-order valence-corrected chi connectivity index (χ2v) is 3.20. The van der Waals surface area contributed by atoms with Gasteiger partial charge in [0.1, 0.15) is 4.47 Å². The summed E-state index contributed by atoms with van der Waals surface area (Å²) in [5.41, 5.74) is 0.769. The second-order valence-electron chi connectivity index (χ2n) is 1.96. The summed E-state index contributed by atoms with van der Waals surface area (Å²) >= 11 is 8.89. The van der Waals surface area contributed by atoms with Crippen LogP contribution in [0.4, 0.5) is 0 Å². The molecule has 0 N–H and O–H groups in total. The molecule has 0 amide bonds. The molecule has 0 aliphatic rings. The van der Waals surface area contributed by atoms with Crippen LogP contribution in [0.15, 0.2) is 16.9 Å². The number of nitrogens with zero attached hydrogens (tertiary/aromatic N) is 1. The number of rotatable bonds is 0. The summed E-state index contributed by atoms with van der Waals surface area (Å²) < 4.78 is 1.34. The molecule has 1 rings (SSSR count). The van der Waals surface area contributed by atoms with Crippen molar-refractivity contribution in [2.75, 3.05) is 0 Å². The topological polar surface area (TPSA) is 26.9 Å². The van der Waals surface area contributed by atoms with Crippen molar-refractivity contribution in [1.29, 1.82) is 0 Å². The monoisotopic (exact) mass is 221 g/mol. The first-order valence-electron chi connectivity index (χ1n) is 2.65. The lowest BCUT2D eigenvalue weighted by molar-refractivity contribution is -0.606. The molecule has 0 atom stereocenters. The Morgan fingerprint density at radius 3 is 2.70 bits per heavy atom. The fourth-order valence-corrected chi connectivity index (χ4v) is 1.25. The summed E-state index contributed by atoms with van der Waals surface area (Å²) in [7, 11) is 0. The summed E-state index contributed by atoms with van der Waals surface area (Å²) in [4.78, 5) is 0. The molecule has 0 aliphatic carbocycles. The van der Waals surface area contributed by atoms with Gasteiger partial charge in [-0.25, -0.2) is 0 Å². The number of halogens is 2. The third-order valence-corrected chi connectivity index (χ3v) is 2.45. The highest BCUT2D eigenvalue weighted by Gasteiger charge is 2.04. The lowest BCUT2D eigenvalue weighted by atomic mass is 10.3. The molecule has 1 aromatic rings. The predicted molar refractivity (Wildman–Crippen MR) is 42.8 cm³/mol. The van der Waals surface area contributed by atoms with E-state index < -0.39 is 0 Å². The van der Waals surface area contributed by atoms with Crippen LogP contribution in [0.5, 0.6) is 0 Å². The fraction of sp³-hybridized carbons (Fsp3) is 0.167. The van der Waals surface area contributed by atoms with Crippen LogP contribution in [0.2, 0.25) is 5.02 Å². The lowest BCUT2D eigenvalue weighted by Gasteiger charge is -2.00. The van der Waals surface area contributed by atoms with Gasteiger partial charge in [-0.1, -0.05) is 11.6 Å². The van der Waals surface area contributed by atoms with E-state index in [2.05, 4.69) is 15.9 Å². The van der Waals surface area contributed by atoms with Crippen molar-refractivity contribution in [3.63, 3.8) is 0 Å². The molecular formula is C6H5BrClNO. The van der Waals surface area contributed by atoms with E-state index in [-0.39, 0.29) is 0 Å². The van der Waals surface area contributed by atoms with Crippen LogP contribution < -0.4 is 4.73 Å². The van der Waals surface area contributed by atoms with Gasteiger partial charge in [0.25, 0.3) is 0 Å². The highest BCUT2D eigenvalue weighted by Crippen LogP contribution is 2.22. The molecule has 10 heavy (non-hydrogen) atoms. The summed E-state index contributed by atoms with van der Waals surface area (Å²) in [6.45, 7) is 1.78. The SMILES string of the molecule is Cc1c[n+]([O-])cc(Br)c1Cl. The average Bonchev–Trinajstić information content (AvgIpc) is 1.82. The summed E-state index contributed by atoms with van der Waals surface area (Å²) in [6.07, 6.45) is 2.79. The van der Waals surface area contributed by atoms with Crippen molar-refractivity contribution >= 4 is 27.5 Å². The molecule has 0 bridgehead atoms. The Morgan fingerprint density at radius 2 is 2.20 bits per heavy atom. The van der Waals surface area contributed by atoms with Crippen molar-refractivity contribution in [2.45, 2.75) is 6.92 Å². The van der Waals surface area contributed by atoms with Gasteiger partial charge in [-0.15, -0.1) is 0 Å². The molecule has 0 aliphatic heterocycles. The Kier molecular flexibility index (Phi) is 2.16. The van der Waals surface area contributed by atoms with Crippen LogP contribution in [-0.4, -0.2) is 0 Å². The smallest absolute Gasteiger partial charge is 0.196 e. The number of aryl methyl sites for hydroxylation is 1. The molecule has 0 unspecified atom stereocenters. The van der Waals surface area contributed by atoms with Crippen LogP contribution in [-0.2, 0) is 0 Å².